The number of nitrogen functional groups attached to an aromatic ring is 1. The van der Waals surface area contributed by atoms with Crippen molar-refractivity contribution in [1.82, 2.24) is 9.97 Å². The van der Waals surface area contributed by atoms with Gasteiger partial charge < -0.3 is 35.3 Å². The van der Waals surface area contributed by atoms with Crippen LogP contribution in [0.5, 0.6) is 11.5 Å². The van der Waals surface area contributed by atoms with Gasteiger partial charge in [-0.2, -0.15) is 26.3 Å². The summed E-state index contributed by atoms with van der Waals surface area (Å²) in [6, 6.07) is 16.3. The van der Waals surface area contributed by atoms with Crippen molar-refractivity contribution < 1.29 is 60.0 Å². The Labute approximate surface area is 274 Å². The van der Waals surface area contributed by atoms with Crippen molar-refractivity contribution in [2.24, 2.45) is 5.73 Å². The fourth-order valence-corrected chi connectivity index (χ4v) is 3.93. The molecule has 0 bridgehead atoms. The number of alkyl halides is 6. The lowest BCUT2D eigenvalue weighted by atomic mass is 10.1. The molecular weight excluding hydrogens is 671 g/mol. The molecule has 0 unspecified atom stereocenters. The number of aryl methyl sites for hydroxylation is 1. The van der Waals surface area contributed by atoms with E-state index in [-0.39, 0.29) is 24.2 Å². The lowest BCUT2D eigenvalue weighted by Crippen LogP contribution is -2.21. The zero-order valence-electron chi connectivity index (χ0n) is 26.3. The number of anilines is 2. The summed E-state index contributed by atoms with van der Waals surface area (Å²) in [5.41, 5.74) is 10.1. The summed E-state index contributed by atoms with van der Waals surface area (Å²) in [5, 5.41) is 21.9. The first-order valence-electron chi connectivity index (χ1n) is 14.0. The van der Waals surface area contributed by atoms with E-state index in [1.54, 1.807) is 36.4 Å². The Morgan fingerprint density at radius 2 is 1.55 bits per heavy atom. The van der Waals surface area contributed by atoms with Crippen LogP contribution >= 0.6 is 0 Å². The van der Waals surface area contributed by atoms with Crippen LogP contribution in [0.2, 0.25) is 0 Å². The molecule has 0 fully saturated rings. The van der Waals surface area contributed by atoms with E-state index < -0.39 is 30.1 Å². The third kappa shape index (κ3) is 11.6. The minimum Gasteiger partial charge on any atom is -0.494 e. The van der Waals surface area contributed by atoms with Gasteiger partial charge in [0, 0.05) is 23.4 Å². The van der Waals surface area contributed by atoms with Crippen LogP contribution in [-0.4, -0.2) is 63.0 Å². The third-order valence-electron chi connectivity index (χ3n) is 6.00. The van der Waals surface area contributed by atoms with Crippen LogP contribution < -0.4 is 20.1 Å². The molecule has 6 N–H and O–H groups in total. The Balaban J connectivity index is 0.000000500. The largest absolute Gasteiger partial charge is 0.494 e. The van der Waals surface area contributed by atoms with Gasteiger partial charge in [-0.3, -0.25) is 5.41 Å². The van der Waals surface area contributed by atoms with E-state index in [0.29, 0.717) is 35.1 Å². The van der Waals surface area contributed by atoms with Crippen molar-refractivity contribution in [2.45, 2.75) is 52.7 Å². The van der Waals surface area contributed by atoms with Crippen LogP contribution in [0.3, 0.4) is 0 Å². The molecule has 0 saturated heterocycles. The van der Waals surface area contributed by atoms with Crippen molar-refractivity contribution in [1.29, 1.82) is 5.41 Å². The number of rotatable bonds is 9. The van der Waals surface area contributed by atoms with Crippen LogP contribution in [0.1, 0.15) is 37.7 Å². The van der Waals surface area contributed by atoms with Crippen LogP contribution in [0.25, 0.3) is 11.0 Å². The number of carboxylic acids is 2. The zero-order chi connectivity index (χ0) is 37.3. The highest BCUT2D eigenvalue weighted by atomic mass is 19.4. The first-order chi connectivity index (χ1) is 22.6. The third-order valence-corrected chi connectivity index (χ3v) is 6.00. The van der Waals surface area contributed by atoms with E-state index in [1.807, 2.05) is 50.8 Å². The standard InChI is InChI=1S/C27H30FN5O2.2C2HF3O2/c1-5-34-20-13-22(25(28)23(14-20)35-16(2)3)33(19-11-9-18(10-12-19)27(29)30)15-24-31-21-8-6-7-17(4)26(21)32-24;2*3-2(4,5)1(6)7/h6-14,16H,5,15H2,1-4H3,(H3,29,30)(H,31,32);2*(H,6,7). The molecule has 1 heterocycles. The number of benzene rings is 3. The molecule has 1 aromatic heterocycles. The number of para-hydroxylation sites is 1. The molecule has 0 aliphatic rings. The number of imidazole rings is 1. The van der Waals surface area contributed by atoms with Gasteiger partial charge in [0.2, 0.25) is 0 Å². The number of nitrogens with two attached hydrogens (primary N) is 1. The number of carbonyl (C=O) groups is 2. The Kier molecular flexibility index (Phi) is 13.4. The Morgan fingerprint density at radius 1 is 1.00 bits per heavy atom. The highest BCUT2D eigenvalue weighted by Crippen LogP contribution is 2.38. The van der Waals surface area contributed by atoms with Gasteiger partial charge in [0.1, 0.15) is 17.4 Å². The second-order valence-electron chi connectivity index (χ2n) is 10.2. The van der Waals surface area contributed by atoms with Crippen molar-refractivity contribution in [3.05, 3.63) is 77.4 Å². The smallest absolute Gasteiger partial charge is 0.490 e. The number of aliphatic carboxylic acids is 2. The number of fused-ring (bicyclic) bond motifs is 1. The molecule has 0 radical (unpaired) electrons. The lowest BCUT2D eigenvalue weighted by Gasteiger charge is -2.26. The molecule has 18 heteroatoms. The normalized spacial score (nSPS) is 11.2. The van der Waals surface area contributed by atoms with Crippen LogP contribution in [0, 0.1) is 18.2 Å². The average Bonchev–Trinajstić information content (AvgIpc) is 3.41. The average molecular weight is 704 g/mol. The number of nitrogens with one attached hydrogen (secondary N) is 2. The number of H-pyrrole nitrogens is 1. The second kappa shape index (κ2) is 16.5. The zero-order valence-corrected chi connectivity index (χ0v) is 26.3. The highest BCUT2D eigenvalue weighted by Gasteiger charge is 2.38. The van der Waals surface area contributed by atoms with Gasteiger partial charge in [-0.15, -0.1) is 0 Å². The van der Waals surface area contributed by atoms with Gasteiger partial charge in [-0.1, -0.05) is 12.1 Å². The minimum absolute atomic E-state index is 0.0343. The number of aromatic nitrogens is 2. The number of hydrogen-bond acceptors (Lipinski definition) is 7. The van der Waals surface area contributed by atoms with Gasteiger partial charge in [-0.05, 0) is 63.6 Å². The molecule has 4 rings (SSSR count). The second-order valence-corrected chi connectivity index (χ2v) is 10.2. The molecule has 0 saturated carbocycles. The number of amidine groups is 1. The summed E-state index contributed by atoms with van der Waals surface area (Å²) in [5.74, 6) is -4.74. The quantitative estimate of drug-likeness (QED) is 0.0693. The summed E-state index contributed by atoms with van der Waals surface area (Å²) in [7, 11) is 0. The maximum atomic E-state index is 15.9. The molecule has 49 heavy (non-hydrogen) atoms. The van der Waals surface area contributed by atoms with Crippen LogP contribution in [0.4, 0.5) is 42.1 Å². The van der Waals surface area contributed by atoms with E-state index in [4.69, 9.17) is 45.4 Å². The van der Waals surface area contributed by atoms with Gasteiger partial charge in [-0.25, -0.2) is 19.0 Å². The predicted octanol–water partition coefficient (Wildman–Crippen LogP) is 7.09. The number of aromatic amines is 1. The van der Waals surface area contributed by atoms with E-state index >= 15 is 4.39 Å². The fraction of sp³-hybridized carbons (Fsp3) is 0.290. The number of hydrogen-bond donors (Lipinski definition) is 5. The minimum atomic E-state index is -5.08. The number of ether oxygens (including phenoxy) is 2. The van der Waals surface area contributed by atoms with E-state index in [0.717, 1.165) is 16.6 Å². The molecule has 0 amide bonds. The van der Waals surface area contributed by atoms with Gasteiger partial charge in [0.05, 0.1) is 36.0 Å². The molecule has 3 aromatic carbocycles. The molecule has 11 nitrogen and oxygen atoms in total. The maximum Gasteiger partial charge on any atom is 0.490 e. The SMILES string of the molecule is CCOc1cc(OC(C)C)c(F)c(N(Cc2nc3c(C)cccc3[nH]2)c2ccc(C(=N)N)cc2)c1.O=C(O)C(F)(F)F.O=C(O)C(F)(F)F. The van der Waals surface area contributed by atoms with Gasteiger partial charge in [0.25, 0.3) is 0 Å². The molecule has 266 valence electrons. The summed E-state index contributed by atoms with van der Waals surface area (Å²) < 4.78 is 90.8. The molecule has 4 aromatic rings. The molecule has 0 aliphatic carbocycles. The van der Waals surface area contributed by atoms with Crippen LogP contribution in [0.15, 0.2) is 54.6 Å². The maximum absolute atomic E-state index is 15.9. The van der Waals surface area contributed by atoms with Crippen molar-refractivity contribution in [2.75, 3.05) is 11.5 Å². The van der Waals surface area contributed by atoms with Gasteiger partial charge >= 0.3 is 24.3 Å². The molecule has 0 aliphatic heterocycles. The van der Waals surface area contributed by atoms with E-state index in [9.17, 15) is 26.3 Å². The van der Waals surface area contributed by atoms with Crippen LogP contribution in [-0.2, 0) is 16.1 Å². The monoisotopic (exact) mass is 703 g/mol. The molecule has 0 atom stereocenters. The summed E-state index contributed by atoms with van der Waals surface area (Å²) >= 11 is 0. The Hall–Kier alpha value is -5.55. The summed E-state index contributed by atoms with van der Waals surface area (Å²) in [4.78, 5) is 27.7. The van der Waals surface area contributed by atoms with E-state index in [2.05, 4.69) is 4.98 Å². The number of carboxylic acid groups (broad SMARTS) is 2. The van der Waals surface area contributed by atoms with Crippen molar-refractivity contribution in [3.8, 4) is 11.5 Å². The predicted molar refractivity (Wildman–Crippen MR) is 165 cm³/mol. The number of halogens is 7. The lowest BCUT2D eigenvalue weighted by molar-refractivity contribution is -0.193. The summed E-state index contributed by atoms with van der Waals surface area (Å²) in [6.07, 6.45) is -10.4. The van der Waals surface area contributed by atoms with Crippen molar-refractivity contribution >= 4 is 40.2 Å². The molecule has 0 spiro atoms. The topological polar surface area (TPSA) is 175 Å². The highest BCUT2D eigenvalue weighted by molar-refractivity contribution is 5.95. The van der Waals surface area contributed by atoms with Gasteiger partial charge in [0.15, 0.2) is 11.6 Å². The fourth-order valence-electron chi connectivity index (χ4n) is 3.93. The first kappa shape index (κ1) is 39.6. The number of nitrogens with zero attached hydrogens (tertiary/aromatic N) is 2. The van der Waals surface area contributed by atoms with E-state index in [1.165, 1.54) is 0 Å². The molecular formula is C31H32F7N5O6. The summed E-state index contributed by atoms with van der Waals surface area (Å²) in [6.45, 7) is 8.28. The van der Waals surface area contributed by atoms with Crippen molar-refractivity contribution in [3.63, 3.8) is 0 Å². The Bertz CT molecular complexity index is 1730. The Morgan fingerprint density at radius 3 is 2.00 bits per heavy atom. The first-order valence-corrected chi connectivity index (χ1v) is 14.0.